The van der Waals surface area contributed by atoms with Crippen molar-refractivity contribution < 1.29 is 9.72 Å². The van der Waals surface area contributed by atoms with Crippen LogP contribution >= 0.6 is 23.8 Å². The lowest BCUT2D eigenvalue weighted by atomic mass is 10.2. The van der Waals surface area contributed by atoms with Crippen LogP contribution in [0.15, 0.2) is 18.2 Å². The summed E-state index contributed by atoms with van der Waals surface area (Å²) in [6, 6.07) is 3.98. The number of halogens is 1. The van der Waals surface area contributed by atoms with E-state index in [1.807, 2.05) is 0 Å². The number of non-ortho nitro benzene ring substituents is 1. The molecule has 7 nitrogen and oxygen atoms in total. The predicted octanol–water partition coefficient (Wildman–Crippen LogP) is 2.30. The highest BCUT2D eigenvalue weighted by molar-refractivity contribution is 7.80. The van der Waals surface area contributed by atoms with Crippen LogP contribution in [0.4, 0.5) is 5.69 Å². The fourth-order valence-corrected chi connectivity index (χ4v) is 2.69. The molecule has 0 spiro atoms. The van der Waals surface area contributed by atoms with Gasteiger partial charge in [-0.2, -0.15) is 0 Å². The standard InChI is InChI=1S/C13H15ClN4O3S/c14-11-6-5-9(18(20)21)7-10(11)12(19)16-17-13(22)15-8-3-1-2-4-8/h5-8H,1-4H2,(H,16,19)(H2,15,17,22). The smallest absolute Gasteiger partial charge is 0.271 e. The number of benzene rings is 1. The van der Waals surface area contributed by atoms with Gasteiger partial charge in [0.1, 0.15) is 0 Å². The Hall–Kier alpha value is -1.93. The molecule has 1 aliphatic rings. The van der Waals surface area contributed by atoms with E-state index in [0.29, 0.717) is 11.2 Å². The van der Waals surface area contributed by atoms with E-state index < -0.39 is 10.8 Å². The van der Waals surface area contributed by atoms with E-state index in [2.05, 4.69) is 16.2 Å². The van der Waals surface area contributed by atoms with E-state index in [9.17, 15) is 14.9 Å². The van der Waals surface area contributed by atoms with Crippen molar-refractivity contribution in [3.63, 3.8) is 0 Å². The number of nitrogens with zero attached hydrogens (tertiary/aromatic N) is 1. The second-order valence-corrected chi connectivity index (χ2v) is 5.77. The fourth-order valence-electron chi connectivity index (χ4n) is 2.27. The molecule has 0 heterocycles. The molecule has 0 saturated heterocycles. The highest BCUT2D eigenvalue weighted by Gasteiger charge is 2.18. The number of hydrogen-bond acceptors (Lipinski definition) is 4. The minimum absolute atomic E-state index is 0.00651. The number of nitro benzene ring substituents is 1. The Morgan fingerprint density at radius 3 is 2.64 bits per heavy atom. The first-order valence-corrected chi connectivity index (χ1v) is 7.57. The molecule has 0 aromatic heterocycles. The molecule has 22 heavy (non-hydrogen) atoms. The molecule has 3 N–H and O–H groups in total. The lowest BCUT2D eigenvalue weighted by Gasteiger charge is -2.16. The van der Waals surface area contributed by atoms with Crippen molar-refractivity contribution in [1.82, 2.24) is 16.2 Å². The quantitative estimate of drug-likeness (QED) is 0.443. The highest BCUT2D eigenvalue weighted by Crippen LogP contribution is 2.21. The molecule has 0 aliphatic heterocycles. The summed E-state index contributed by atoms with van der Waals surface area (Å²) in [4.78, 5) is 22.2. The van der Waals surface area contributed by atoms with Crippen molar-refractivity contribution in [3.05, 3.63) is 38.9 Å². The van der Waals surface area contributed by atoms with Gasteiger partial charge in [0.2, 0.25) is 0 Å². The van der Waals surface area contributed by atoms with E-state index >= 15 is 0 Å². The summed E-state index contributed by atoms with van der Waals surface area (Å²) in [7, 11) is 0. The molecule has 1 fully saturated rings. The summed E-state index contributed by atoms with van der Waals surface area (Å²) in [6.45, 7) is 0. The van der Waals surface area contributed by atoms with Gasteiger partial charge in [-0.25, -0.2) is 0 Å². The summed E-state index contributed by atoms with van der Waals surface area (Å²) in [5, 5.41) is 14.3. The maximum Gasteiger partial charge on any atom is 0.271 e. The molecule has 1 saturated carbocycles. The zero-order chi connectivity index (χ0) is 16.1. The summed E-state index contributed by atoms with van der Waals surface area (Å²) in [5.41, 5.74) is 4.76. The molecule has 0 atom stereocenters. The van der Waals surface area contributed by atoms with Gasteiger partial charge in [-0.15, -0.1) is 0 Å². The number of nitrogens with one attached hydrogen (secondary N) is 3. The molecule has 0 radical (unpaired) electrons. The van der Waals surface area contributed by atoms with Crippen LogP contribution in [-0.4, -0.2) is 22.0 Å². The molecule has 118 valence electrons. The number of thiocarbonyl (C=S) groups is 1. The largest absolute Gasteiger partial charge is 0.359 e. The number of nitro groups is 1. The Balaban J connectivity index is 1.92. The summed E-state index contributed by atoms with van der Waals surface area (Å²) < 4.78 is 0. The molecule has 2 rings (SSSR count). The van der Waals surface area contributed by atoms with Crippen molar-refractivity contribution in [3.8, 4) is 0 Å². The van der Waals surface area contributed by atoms with Gasteiger partial charge < -0.3 is 5.32 Å². The van der Waals surface area contributed by atoms with E-state index in [1.165, 1.54) is 12.1 Å². The molecule has 1 amide bonds. The third-order valence-electron chi connectivity index (χ3n) is 3.39. The first-order chi connectivity index (χ1) is 10.5. The van der Waals surface area contributed by atoms with Crippen molar-refractivity contribution in [2.24, 2.45) is 0 Å². The zero-order valence-electron chi connectivity index (χ0n) is 11.6. The number of hydrazine groups is 1. The van der Waals surface area contributed by atoms with Crippen molar-refractivity contribution >= 4 is 40.5 Å². The first-order valence-electron chi connectivity index (χ1n) is 6.78. The van der Waals surface area contributed by atoms with Crippen LogP contribution in [0.3, 0.4) is 0 Å². The Bertz CT molecular complexity index is 605. The van der Waals surface area contributed by atoms with Crippen LogP contribution in [0, 0.1) is 10.1 Å². The van der Waals surface area contributed by atoms with Crippen molar-refractivity contribution in [2.45, 2.75) is 31.7 Å². The lowest BCUT2D eigenvalue weighted by molar-refractivity contribution is -0.384. The summed E-state index contributed by atoms with van der Waals surface area (Å²) in [5.74, 6) is -0.593. The van der Waals surface area contributed by atoms with Crippen molar-refractivity contribution in [1.29, 1.82) is 0 Å². The van der Waals surface area contributed by atoms with E-state index in [4.69, 9.17) is 23.8 Å². The minimum atomic E-state index is -0.593. The van der Waals surface area contributed by atoms with Gasteiger partial charge in [0.15, 0.2) is 5.11 Å². The third kappa shape index (κ3) is 4.28. The van der Waals surface area contributed by atoms with Crippen LogP contribution in [0.5, 0.6) is 0 Å². The van der Waals surface area contributed by atoms with Gasteiger partial charge in [0, 0.05) is 18.2 Å². The van der Waals surface area contributed by atoms with Gasteiger partial charge in [-0.05, 0) is 31.1 Å². The Morgan fingerprint density at radius 2 is 2.00 bits per heavy atom. The SMILES string of the molecule is O=C(NNC(=S)NC1CCCC1)c1cc([N+](=O)[O-])ccc1Cl. The Morgan fingerprint density at radius 1 is 1.32 bits per heavy atom. The second kappa shape index (κ2) is 7.37. The van der Waals surface area contributed by atoms with E-state index in [1.54, 1.807) is 0 Å². The minimum Gasteiger partial charge on any atom is -0.359 e. The van der Waals surface area contributed by atoms with Crippen LogP contribution in [0.25, 0.3) is 0 Å². The molecule has 9 heteroatoms. The monoisotopic (exact) mass is 342 g/mol. The Kier molecular flexibility index (Phi) is 5.51. The normalized spacial score (nSPS) is 14.4. The maximum absolute atomic E-state index is 12.0. The van der Waals surface area contributed by atoms with Crippen LogP contribution in [-0.2, 0) is 0 Å². The molecular weight excluding hydrogens is 328 g/mol. The molecule has 1 aliphatic carbocycles. The second-order valence-electron chi connectivity index (χ2n) is 4.96. The molecular formula is C13H15ClN4O3S. The van der Waals surface area contributed by atoms with Gasteiger partial charge in [0.05, 0.1) is 15.5 Å². The molecule has 0 unspecified atom stereocenters. The summed E-state index contributed by atoms with van der Waals surface area (Å²) >= 11 is 11.0. The highest BCUT2D eigenvalue weighted by atomic mass is 35.5. The lowest BCUT2D eigenvalue weighted by Crippen LogP contribution is -2.49. The first kappa shape index (κ1) is 16.4. The number of amides is 1. The van der Waals surface area contributed by atoms with E-state index in [0.717, 1.165) is 31.7 Å². The van der Waals surface area contributed by atoms with Gasteiger partial charge in [-0.3, -0.25) is 25.8 Å². The van der Waals surface area contributed by atoms with Crippen LogP contribution in [0.1, 0.15) is 36.0 Å². The Labute approximate surface area is 137 Å². The average Bonchev–Trinajstić information content (AvgIpc) is 2.97. The topological polar surface area (TPSA) is 96.3 Å². The van der Waals surface area contributed by atoms with Gasteiger partial charge in [-0.1, -0.05) is 24.4 Å². The van der Waals surface area contributed by atoms with E-state index in [-0.39, 0.29) is 16.3 Å². The third-order valence-corrected chi connectivity index (χ3v) is 3.93. The summed E-state index contributed by atoms with van der Waals surface area (Å²) in [6.07, 6.45) is 4.42. The van der Waals surface area contributed by atoms with Crippen LogP contribution in [0.2, 0.25) is 5.02 Å². The zero-order valence-corrected chi connectivity index (χ0v) is 13.2. The average molecular weight is 343 g/mol. The van der Waals surface area contributed by atoms with Gasteiger partial charge >= 0.3 is 0 Å². The maximum atomic E-state index is 12.0. The molecule has 0 bridgehead atoms. The number of carbonyl (C=O) groups is 1. The molecule has 1 aromatic carbocycles. The van der Waals surface area contributed by atoms with Crippen LogP contribution < -0.4 is 16.2 Å². The number of hydrogen-bond donors (Lipinski definition) is 3. The number of rotatable bonds is 3. The molecule has 1 aromatic rings. The number of carbonyl (C=O) groups excluding carboxylic acids is 1. The predicted molar refractivity (Wildman–Crippen MR) is 86.7 cm³/mol. The van der Waals surface area contributed by atoms with Gasteiger partial charge in [0.25, 0.3) is 11.6 Å². The fraction of sp³-hybridized carbons (Fsp3) is 0.385. The van der Waals surface area contributed by atoms with Crippen molar-refractivity contribution in [2.75, 3.05) is 0 Å².